The number of fused-ring (bicyclic) bond motifs is 1. The highest BCUT2D eigenvalue weighted by atomic mass is 32.1. The zero-order chi connectivity index (χ0) is 21.1. The molecule has 2 heterocycles. The van der Waals surface area contributed by atoms with Gasteiger partial charge in [0.15, 0.2) is 0 Å². The fraction of sp³-hybridized carbons (Fsp3) is 0.478. The lowest BCUT2D eigenvalue weighted by atomic mass is 9.92. The SMILES string of the molecule is COCCO[C@H]1CC[C@H](Nc2cc(=O)n(C)c3c(C)cc(-c4cncs4)cc23)CC1. The number of pyridine rings is 1. The van der Waals surface area contributed by atoms with Crippen molar-refractivity contribution in [3.05, 3.63) is 45.8 Å². The Morgan fingerprint density at radius 3 is 2.70 bits per heavy atom. The summed E-state index contributed by atoms with van der Waals surface area (Å²) in [6.45, 7) is 3.36. The van der Waals surface area contributed by atoms with Gasteiger partial charge < -0.3 is 19.4 Å². The van der Waals surface area contributed by atoms with Crippen molar-refractivity contribution >= 4 is 27.9 Å². The number of ether oxygens (including phenoxy) is 2. The molecule has 1 aliphatic carbocycles. The van der Waals surface area contributed by atoms with E-state index in [4.69, 9.17) is 9.47 Å². The van der Waals surface area contributed by atoms with Crippen LogP contribution in [0.5, 0.6) is 0 Å². The number of methoxy groups -OCH3 is 1. The molecule has 30 heavy (non-hydrogen) atoms. The molecule has 0 aliphatic heterocycles. The van der Waals surface area contributed by atoms with Crippen LogP contribution in [0.2, 0.25) is 0 Å². The Kier molecular flexibility index (Phi) is 6.51. The number of nitrogens with one attached hydrogen (secondary N) is 1. The molecule has 0 radical (unpaired) electrons. The van der Waals surface area contributed by atoms with Crippen LogP contribution in [0.4, 0.5) is 5.69 Å². The summed E-state index contributed by atoms with van der Waals surface area (Å²) in [7, 11) is 3.54. The lowest BCUT2D eigenvalue weighted by molar-refractivity contribution is -0.00154. The van der Waals surface area contributed by atoms with E-state index in [2.05, 4.69) is 29.4 Å². The predicted molar refractivity (Wildman–Crippen MR) is 123 cm³/mol. The maximum absolute atomic E-state index is 12.6. The van der Waals surface area contributed by atoms with E-state index < -0.39 is 0 Å². The predicted octanol–water partition coefficient (Wildman–Crippen LogP) is 4.36. The second-order valence-electron chi connectivity index (χ2n) is 7.99. The molecule has 160 valence electrons. The monoisotopic (exact) mass is 427 g/mol. The fourth-order valence-electron chi connectivity index (χ4n) is 4.35. The molecule has 6 nitrogen and oxygen atoms in total. The van der Waals surface area contributed by atoms with Crippen molar-refractivity contribution in [2.75, 3.05) is 25.6 Å². The van der Waals surface area contributed by atoms with Crippen LogP contribution >= 0.6 is 11.3 Å². The van der Waals surface area contributed by atoms with E-state index in [1.54, 1.807) is 29.1 Å². The number of aromatic nitrogens is 2. The number of thiazole rings is 1. The van der Waals surface area contributed by atoms with Crippen LogP contribution in [-0.2, 0) is 16.5 Å². The highest BCUT2D eigenvalue weighted by Crippen LogP contribution is 2.33. The first-order chi connectivity index (χ1) is 14.6. The normalized spacial score (nSPS) is 19.3. The van der Waals surface area contributed by atoms with Gasteiger partial charge in [-0.05, 0) is 55.9 Å². The summed E-state index contributed by atoms with van der Waals surface area (Å²) in [4.78, 5) is 18.0. The van der Waals surface area contributed by atoms with Crippen molar-refractivity contribution in [3.63, 3.8) is 0 Å². The first kappa shape index (κ1) is 21.0. The Morgan fingerprint density at radius 2 is 2.00 bits per heavy atom. The highest BCUT2D eigenvalue weighted by Gasteiger charge is 2.22. The maximum Gasteiger partial charge on any atom is 0.252 e. The van der Waals surface area contributed by atoms with Crippen LogP contribution in [0.25, 0.3) is 21.3 Å². The summed E-state index contributed by atoms with van der Waals surface area (Å²) in [6, 6.07) is 6.40. The third kappa shape index (κ3) is 4.43. The molecule has 1 fully saturated rings. The van der Waals surface area contributed by atoms with Crippen LogP contribution in [0.1, 0.15) is 31.2 Å². The number of hydrogen-bond acceptors (Lipinski definition) is 6. The molecule has 0 bridgehead atoms. The standard InChI is InChI=1S/C23H29N3O3S/c1-15-10-16(21-13-24-14-30-21)11-19-20(12-22(27)26(2)23(15)19)25-17-4-6-18(7-5-17)29-9-8-28-3/h10-14,17-18,25H,4-9H2,1-3H3/t17-,18-. The molecular formula is C23H29N3O3S. The van der Waals surface area contributed by atoms with Gasteiger partial charge in [-0.25, -0.2) is 0 Å². The minimum absolute atomic E-state index is 0.00947. The smallest absolute Gasteiger partial charge is 0.252 e. The number of hydrogen-bond donors (Lipinski definition) is 1. The number of anilines is 1. The number of nitrogens with zero attached hydrogens (tertiary/aromatic N) is 2. The van der Waals surface area contributed by atoms with Crippen LogP contribution in [-0.4, -0.2) is 42.0 Å². The molecule has 0 atom stereocenters. The second kappa shape index (κ2) is 9.29. The van der Waals surface area contributed by atoms with Crippen molar-refractivity contribution in [2.45, 2.75) is 44.8 Å². The number of benzene rings is 1. The molecule has 4 rings (SSSR count). The average Bonchev–Trinajstić information content (AvgIpc) is 3.28. The molecule has 1 saturated carbocycles. The molecule has 3 aromatic rings. The van der Waals surface area contributed by atoms with Crippen molar-refractivity contribution in [1.29, 1.82) is 0 Å². The van der Waals surface area contributed by atoms with Crippen molar-refractivity contribution in [1.82, 2.24) is 9.55 Å². The van der Waals surface area contributed by atoms with Gasteiger partial charge in [-0.3, -0.25) is 9.78 Å². The fourth-order valence-corrected chi connectivity index (χ4v) is 4.96. The lowest BCUT2D eigenvalue weighted by Crippen LogP contribution is -2.31. The van der Waals surface area contributed by atoms with Gasteiger partial charge in [0.1, 0.15) is 0 Å². The third-order valence-corrected chi connectivity index (χ3v) is 6.74. The second-order valence-corrected chi connectivity index (χ2v) is 8.88. The highest BCUT2D eigenvalue weighted by molar-refractivity contribution is 7.13. The quantitative estimate of drug-likeness (QED) is 0.568. The molecule has 1 aromatic carbocycles. The molecule has 2 aromatic heterocycles. The van der Waals surface area contributed by atoms with Gasteiger partial charge >= 0.3 is 0 Å². The molecular weight excluding hydrogens is 398 g/mol. The lowest BCUT2D eigenvalue weighted by Gasteiger charge is -2.30. The minimum Gasteiger partial charge on any atom is -0.382 e. The molecule has 7 heteroatoms. The van der Waals surface area contributed by atoms with Crippen molar-refractivity contribution in [2.24, 2.45) is 7.05 Å². The van der Waals surface area contributed by atoms with Gasteiger partial charge in [0.2, 0.25) is 0 Å². The molecule has 0 unspecified atom stereocenters. The summed E-state index contributed by atoms with van der Waals surface area (Å²) in [6.07, 6.45) is 6.30. The van der Waals surface area contributed by atoms with Crippen LogP contribution in [0.15, 0.2) is 34.7 Å². The molecule has 0 amide bonds. The third-order valence-electron chi connectivity index (χ3n) is 5.92. The molecule has 1 N–H and O–H groups in total. The number of aryl methyl sites for hydroxylation is 2. The van der Waals surface area contributed by atoms with E-state index in [1.165, 1.54) is 0 Å². The van der Waals surface area contributed by atoms with Crippen LogP contribution < -0.4 is 10.9 Å². The van der Waals surface area contributed by atoms with E-state index in [-0.39, 0.29) is 5.56 Å². The largest absolute Gasteiger partial charge is 0.382 e. The van der Waals surface area contributed by atoms with Crippen molar-refractivity contribution in [3.8, 4) is 10.4 Å². The first-order valence-electron chi connectivity index (χ1n) is 10.5. The summed E-state index contributed by atoms with van der Waals surface area (Å²) in [5.41, 5.74) is 5.99. The Morgan fingerprint density at radius 1 is 1.20 bits per heavy atom. The van der Waals surface area contributed by atoms with Gasteiger partial charge in [0.25, 0.3) is 5.56 Å². The van der Waals surface area contributed by atoms with Gasteiger partial charge in [-0.15, -0.1) is 11.3 Å². The molecule has 0 saturated heterocycles. The van der Waals surface area contributed by atoms with Gasteiger partial charge in [-0.2, -0.15) is 0 Å². The minimum atomic E-state index is 0.00947. The summed E-state index contributed by atoms with van der Waals surface area (Å²) in [5, 5.41) is 4.76. The van der Waals surface area contributed by atoms with Crippen LogP contribution in [0.3, 0.4) is 0 Å². The van der Waals surface area contributed by atoms with Crippen LogP contribution in [0, 0.1) is 6.92 Å². The van der Waals surface area contributed by atoms with Gasteiger partial charge in [0, 0.05) is 43.5 Å². The Labute approximate surface area is 180 Å². The Balaban J connectivity index is 1.59. The Bertz CT molecular complexity index is 1050. The zero-order valence-corrected chi connectivity index (χ0v) is 18.6. The summed E-state index contributed by atoms with van der Waals surface area (Å²) < 4.78 is 12.7. The van der Waals surface area contributed by atoms with Gasteiger partial charge in [0.05, 0.1) is 35.2 Å². The first-order valence-corrected chi connectivity index (χ1v) is 11.3. The van der Waals surface area contributed by atoms with Crippen molar-refractivity contribution < 1.29 is 9.47 Å². The molecule has 0 spiro atoms. The van der Waals surface area contributed by atoms with E-state index in [1.807, 2.05) is 18.8 Å². The Hall–Kier alpha value is -2.22. The van der Waals surface area contributed by atoms with E-state index in [9.17, 15) is 4.79 Å². The summed E-state index contributed by atoms with van der Waals surface area (Å²) >= 11 is 1.63. The van der Waals surface area contributed by atoms with E-state index in [0.717, 1.165) is 58.3 Å². The topological polar surface area (TPSA) is 65.4 Å². The number of rotatable bonds is 7. The van der Waals surface area contributed by atoms with E-state index in [0.29, 0.717) is 25.4 Å². The maximum atomic E-state index is 12.6. The molecule has 1 aliphatic rings. The van der Waals surface area contributed by atoms with E-state index >= 15 is 0 Å². The average molecular weight is 428 g/mol. The van der Waals surface area contributed by atoms with Gasteiger partial charge in [-0.1, -0.05) is 0 Å². The zero-order valence-electron chi connectivity index (χ0n) is 17.8. The summed E-state index contributed by atoms with van der Waals surface area (Å²) in [5.74, 6) is 0.